The summed E-state index contributed by atoms with van der Waals surface area (Å²) in [6, 6.07) is 1.49. The first-order valence-corrected chi connectivity index (χ1v) is 4.74. The van der Waals surface area contributed by atoms with Gasteiger partial charge >= 0.3 is 0 Å². The van der Waals surface area contributed by atoms with E-state index in [1.165, 1.54) is 0 Å². The van der Waals surface area contributed by atoms with Crippen LogP contribution < -0.4 is 10.6 Å². The molecule has 80 valence electrons. The van der Waals surface area contributed by atoms with Crippen molar-refractivity contribution in [3.8, 4) is 0 Å². The van der Waals surface area contributed by atoms with Crippen molar-refractivity contribution in [3.05, 3.63) is 17.8 Å². The Morgan fingerprint density at radius 3 is 3.13 bits per heavy atom. The second-order valence-electron chi connectivity index (χ2n) is 3.49. The molecular weight excluding hydrogens is 194 g/mol. The molecule has 1 amide bonds. The van der Waals surface area contributed by atoms with E-state index in [1.807, 2.05) is 13.0 Å². The lowest BCUT2D eigenvalue weighted by molar-refractivity contribution is -0.118. The van der Waals surface area contributed by atoms with Gasteiger partial charge in [-0.05, 0) is 18.6 Å². The van der Waals surface area contributed by atoms with Gasteiger partial charge in [0, 0.05) is 13.3 Å². The summed E-state index contributed by atoms with van der Waals surface area (Å²) in [4.78, 5) is 15.8. The van der Waals surface area contributed by atoms with Gasteiger partial charge in [-0.25, -0.2) is 4.98 Å². The second kappa shape index (κ2) is 3.86. The molecule has 0 bridgehead atoms. The van der Waals surface area contributed by atoms with Crippen molar-refractivity contribution >= 4 is 17.4 Å². The third-order valence-corrected chi connectivity index (χ3v) is 2.37. The van der Waals surface area contributed by atoms with E-state index in [2.05, 4.69) is 15.6 Å². The van der Waals surface area contributed by atoms with Crippen molar-refractivity contribution < 1.29 is 9.53 Å². The van der Waals surface area contributed by atoms with E-state index in [4.69, 9.17) is 4.74 Å². The average Bonchev–Trinajstić information content (AvgIpc) is 2.21. The Hall–Kier alpha value is -1.62. The minimum atomic E-state index is -0.364. The zero-order valence-electron chi connectivity index (χ0n) is 8.70. The number of amides is 1. The van der Waals surface area contributed by atoms with E-state index in [1.54, 1.807) is 13.3 Å². The smallest absolute Gasteiger partial charge is 0.249 e. The molecule has 0 radical (unpaired) electrons. The number of nitrogens with zero attached hydrogens (tertiary/aromatic N) is 1. The molecule has 1 aromatic rings. The number of hydrogen-bond acceptors (Lipinski definition) is 4. The van der Waals surface area contributed by atoms with Gasteiger partial charge in [0.05, 0.1) is 12.3 Å². The van der Waals surface area contributed by atoms with Crippen LogP contribution in [0.25, 0.3) is 0 Å². The number of aromatic nitrogens is 1. The largest absolute Gasteiger partial charge is 0.382 e. The molecule has 2 rings (SSSR count). The third kappa shape index (κ3) is 1.78. The Balaban J connectivity index is 2.30. The van der Waals surface area contributed by atoms with Gasteiger partial charge in [-0.2, -0.15) is 0 Å². The highest BCUT2D eigenvalue weighted by atomic mass is 16.5. The number of carbonyl (C=O) groups excluding carboxylic acids is 1. The van der Waals surface area contributed by atoms with Crippen molar-refractivity contribution in [2.24, 2.45) is 0 Å². The van der Waals surface area contributed by atoms with E-state index in [0.717, 1.165) is 11.3 Å². The van der Waals surface area contributed by atoms with Crippen molar-refractivity contribution in [3.63, 3.8) is 0 Å². The van der Waals surface area contributed by atoms with E-state index in [-0.39, 0.29) is 11.9 Å². The Labute approximate surface area is 87.8 Å². The number of fused-ring (bicyclic) bond motifs is 1. The Morgan fingerprint density at radius 2 is 2.40 bits per heavy atom. The topological polar surface area (TPSA) is 63.2 Å². The van der Waals surface area contributed by atoms with Crippen LogP contribution >= 0.6 is 0 Å². The first kappa shape index (κ1) is 9.92. The zero-order chi connectivity index (χ0) is 10.8. The van der Waals surface area contributed by atoms with Crippen LogP contribution in [0.2, 0.25) is 0 Å². The van der Waals surface area contributed by atoms with Crippen LogP contribution in [0.4, 0.5) is 11.5 Å². The summed E-state index contributed by atoms with van der Waals surface area (Å²) in [6.07, 6.45) is 1.71. The summed E-state index contributed by atoms with van der Waals surface area (Å²) in [5.74, 6) is 0.622. The van der Waals surface area contributed by atoms with Crippen LogP contribution in [-0.2, 0) is 9.53 Å². The molecule has 1 aromatic heterocycles. The van der Waals surface area contributed by atoms with Crippen LogP contribution in [0.15, 0.2) is 12.3 Å². The molecule has 0 saturated heterocycles. The number of pyridine rings is 1. The van der Waals surface area contributed by atoms with Gasteiger partial charge in [-0.3, -0.25) is 4.79 Å². The van der Waals surface area contributed by atoms with Gasteiger partial charge in [0.25, 0.3) is 0 Å². The van der Waals surface area contributed by atoms with Crippen LogP contribution in [0, 0.1) is 6.92 Å². The lowest BCUT2D eigenvalue weighted by Gasteiger charge is -2.26. The first-order chi connectivity index (χ1) is 7.22. The van der Waals surface area contributed by atoms with Gasteiger partial charge in [0.2, 0.25) is 5.91 Å². The molecule has 2 heterocycles. The second-order valence-corrected chi connectivity index (χ2v) is 3.49. The lowest BCUT2D eigenvalue weighted by atomic mass is 10.1. The molecule has 5 heteroatoms. The standard InChI is InChI=1S/C10H13N3O2/c1-6-3-4-11-9-8(6)13-10(14)7(12-9)5-15-2/h3-4,7H,5H2,1-2H3,(H,11,12)(H,13,14). The predicted octanol–water partition coefficient (Wildman–Crippen LogP) is 0.769. The number of methoxy groups -OCH3 is 1. The summed E-state index contributed by atoms with van der Waals surface area (Å²) < 4.78 is 4.95. The number of hydrogen-bond donors (Lipinski definition) is 2. The summed E-state index contributed by atoms with van der Waals surface area (Å²) in [5.41, 5.74) is 1.76. The van der Waals surface area contributed by atoms with Crippen LogP contribution in [-0.4, -0.2) is 30.6 Å². The SMILES string of the molecule is COCC1Nc2nccc(C)c2NC1=O. The van der Waals surface area contributed by atoms with Crippen LogP contribution in [0.3, 0.4) is 0 Å². The third-order valence-electron chi connectivity index (χ3n) is 2.37. The lowest BCUT2D eigenvalue weighted by Crippen LogP contribution is -2.42. The number of anilines is 2. The van der Waals surface area contributed by atoms with Crippen LogP contribution in [0.1, 0.15) is 5.56 Å². The molecular formula is C10H13N3O2. The van der Waals surface area contributed by atoms with E-state index < -0.39 is 0 Å². The fourth-order valence-corrected chi connectivity index (χ4v) is 1.55. The average molecular weight is 207 g/mol. The zero-order valence-corrected chi connectivity index (χ0v) is 8.70. The highest BCUT2D eigenvalue weighted by molar-refractivity contribution is 6.02. The fourth-order valence-electron chi connectivity index (χ4n) is 1.55. The van der Waals surface area contributed by atoms with E-state index >= 15 is 0 Å². The maximum atomic E-state index is 11.6. The van der Waals surface area contributed by atoms with E-state index in [9.17, 15) is 4.79 Å². The van der Waals surface area contributed by atoms with Crippen molar-refractivity contribution in [1.29, 1.82) is 0 Å². The number of ether oxygens (including phenoxy) is 1. The molecule has 0 fully saturated rings. The minimum Gasteiger partial charge on any atom is -0.382 e. The number of nitrogens with one attached hydrogen (secondary N) is 2. The highest BCUT2D eigenvalue weighted by Crippen LogP contribution is 2.27. The number of aryl methyl sites for hydroxylation is 1. The molecule has 5 nitrogen and oxygen atoms in total. The van der Waals surface area contributed by atoms with Crippen molar-refractivity contribution in [2.45, 2.75) is 13.0 Å². The molecule has 0 spiro atoms. The van der Waals surface area contributed by atoms with E-state index in [0.29, 0.717) is 12.4 Å². The van der Waals surface area contributed by atoms with Gasteiger partial charge in [-0.15, -0.1) is 0 Å². The van der Waals surface area contributed by atoms with Gasteiger partial charge < -0.3 is 15.4 Å². The Morgan fingerprint density at radius 1 is 1.60 bits per heavy atom. The number of carbonyl (C=O) groups is 1. The summed E-state index contributed by atoms with van der Waals surface area (Å²) >= 11 is 0. The maximum Gasteiger partial charge on any atom is 0.249 e. The Kier molecular flexibility index (Phi) is 2.55. The molecule has 0 saturated carbocycles. The normalized spacial score (nSPS) is 19.1. The molecule has 2 N–H and O–H groups in total. The molecule has 0 aliphatic carbocycles. The minimum absolute atomic E-state index is 0.0829. The van der Waals surface area contributed by atoms with Gasteiger partial charge in [0.1, 0.15) is 6.04 Å². The van der Waals surface area contributed by atoms with Crippen LogP contribution in [0.5, 0.6) is 0 Å². The van der Waals surface area contributed by atoms with Gasteiger partial charge in [-0.1, -0.05) is 0 Å². The molecule has 1 atom stereocenters. The molecule has 1 unspecified atom stereocenters. The monoisotopic (exact) mass is 207 g/mol. The summed E-state index contributed by atoms with van der Waals surface area (Å²) in [6.45, 7) is 2.26. The molecule has 1 aliphatic rings. The maximum absolute atomic E-state index is 11.6. The molecule has 1 aliphatic heterocycles. The van der Waals surface area contributed by atoms with Crippen molar-refractivity contribution in [2.75, 3.05) is 24.4 Å². The molecule has 0 aromatic carbocycles. The fraction of sp³-hybridized carbons (Fsp3) is 0.400. The number of rotatable bonds is 2. The predicted molar refractivity (Wildman–Crippen MR) is 56.9 cm³/mol. The highest BCUT2D eigenvalue weighted by Gasteiger charge is 2.26. The van der Waals surface area contributed by atoms with Gasteiger partial charge in [0.15, 0.2) is 5.82 Å². The van der Waals surface area contributed by atoms with Crippen molar-refractivity contribution in [1.82, 2.24) is 4.98 Å². The molecule has 15 heavy (non-hydrogen) atoms. The quantitative estimate of drug-likeness (QED) is 0.751. The summed E-state index contributed by atoms with van der Waals surface area (Å²) in [5, 5.41) is 5.86. The summed E-state index contributed by atoms with van der Waals surface area (Å²) in [7, 11) is 1.56. The first-order valence-electron chi connectivity index (χ1n) is 4.74. The Bertz CT molecular complexity index is 392.